The number of hydrogen-bond donors (Lipinski definition) is 0. The molecule has 5 aromatic rings. The highest BCUT2D eigenvalue weighted by atomic mass is 15.1. The molecular weight excluding hydrogens is 532 g/mol. The Labute approximate surface area is 260 Å². The molecule has 0 bridgehead atoms. The molecule has 8 rings (SSSR count). The molecule has 2 nitrogen and oxygen atoms in total. The molecule has 214 valence electrons. The van der Waals surface area contributed by atoms with E-state index in [1.54, 1.807) is 0 Å². The van der Waals surface area contributed by atoms with Gasteiger partial charge in [0.25, 0.3) is 0 Å². The Balaban J connectivity index is 1.41. The second kappa shape index (κ2) is 11.2. The van der Waals surface area contributed by atoms with Crippen LogP contribution in [-0.2, 0) is 6.42 Å². The number of aromatic nitrogens is 1. The van der Waals surface area contributed by atoms with Crippen molar-refractivity contribution in [2.75, 3.05) is 4.90 Å². The molecule has 1 atom stereocenters. The van der Waals surface area contributed by atoms with Gasteiger partial charge in [-0.05, 0) is 83.9 Å². The van der Waals surface area contributed by atoms with E-state index in [0.717, 1.165) is 25.7 Å². The number of anilines is 1. The third-order valence-corrected chi connectivity index (χ3v) is 9.32. The molecule has 2 aliphatic carbocycles. The van der Waals surface area contributed by atoms with Crippen molar-refractivity contribution in [1.29, 1.82) is 0 Å². The molecule has 1 aromatic heterocycles. The van der Waals surface area contributed by atoms with Crippen molar-refractivity contribution < 1.29 is 0 Å². The van der Waals surface area contributed by atoms with Crippen LogP contribution in [0.1, 0.15) is 37.4 Å². The van der Waals surface area contributed by atoms with Crippen LogP contribution in [0.3, 0.4) is 0 Å². The van der Waals surface area contributed by atoms with Gasteiger partial charge in [0, 0.05) is 45.8 Å². The molecule has 0 radical (unpaired) electrons. The summed E-state index contributed by atoms with van der Waals surface area (Å²) in [6.07, 6.45) is 22.5. The molecule has 0 saturated heterocycles. The predicted octanol–water partition coefficient (Wildman–Crippen LogP) is 11.1. The van der Waals surface area contributed by atoms with Crippen LogP contribution < -0.4 is 4.90 Å². The van der Waals surface area contributed by atoms with E-state index in [4.69, 9.17) is 0 Å². The molecule has 0 fully saturated rings. The first-order valence-electron chi connectivity index (χ1n) is 15.9. The van der Waals surface area contributed by atoms with E-state index in [9.17, 15) is 0 Å². The number of benzene rings is 4. The quantitative estimate of drug-likeness (QED) is 0.209. The minimum absolute atomic E-state index is 0.364. The lowest BCUT2D eigenvalue weighted by Crippen LogP contribution is -2.21. The van der Waals surface area contributed by atoms with E-state index >= 15 is 0 Å². The Hall–Kier alpha value is -5.08. The van der Waals surface area contributed by atoms with Crippen LogP contribution in [0.4, 0.5) is 5.69 Å². The molecule has 0 spiro atoms. The fourth-order valence-electron chi connectivity index (χ4n) is 7.24. The summed E-state index contributed by atoms with van der Waals surface area (Å²) in [6, 6.07) is 35.7. The highest BCUT2D eigenvalue weighted by Gasteiger charge is 2.23. The lowest BCUT2D eigenvalue weighted by molar-refractivity contribution is 0.799. The second-order valence-electron chi connectivity index (χ2n) is 12.0. The summed E-state index contributed by atoms with van der Waals surface area (Å²) in [5.74, 6) is 0.364. The molecule has 0 saturated carbocycles. The average Bonchev–Trinajstić information content (AvgIpc) is 3.42. The molecule has 44 heavy (non-hydrogen) atoms. The molecule has 1 unspecified atom stereocenters. The Morgan fingerprint density at radius 3 is 2.27 bits per heavy atom. The van der Waals surface area contributed by atoms with E-state index in [2.05, 4.69) is 162 Å². The van der Waals surface area contributed by atoms with Crippen molar-refractivity contribution in [3.8, 4) is 27.9 Å². The van der Waals surface area contributed by atoms with Gasteiger partial charge in [0.2, 0.25) is 0 Å². The summed E-state index contributed by atoms with van der Waals surface area (Å²) in [6.45, 7) is 2.31. The van der Waals surface area contributed by atoms with E-state index < -0.39 is 0 Å². The van der Waals surface area contributed by atoms with Gasteiger partial charge in [0.1, 0.15) is 0 Å². The van der Waals surface area contributed by atoms with Gasteiger partial charge < -0.3 is 9.47 Å². The lowest BCUT2D eigenvalue weighted by Gasteiger charge is -2.31. The van der Waals surface area contributed by atoms with Crippen molar-refractivity contribution in [2.24, 2.45) is 5.92 Å². The zero-order chi connectivity index (χ0) is 29.5. The molecule has 0 amide bonds. The maximum Gasteiger partial charge on any atom is 0.0537 e. The first kappa shape index (κ1) is 26.5. The van der Waals surface area contributed by atoms with Gasteiger partial charge in [-0.2, -0.15) is 0 Å². The molecule has 2 heteroatoms. The predicted molar refractivity (Wildman–Crippen MR) is 187 cm³/mol. The van der Waals surface area contributed by atoms with Crippen LogP contribution >= 0.6 is 0 Å². The van der Waals surface area contributed by atoms with Crippen LogP contribution in [0, 0.1) is 5.92 Å². The number of allylic oxidation sites excluding steroid dienone is 8. The topological polar surface area (TPSA) is 8.17 Å². The summed E-state index contributed by atoms with van der Waals surface area (Å²) < 4.78 is 2.53. The molecule has 3 aliphatic rings. The van der Waals surface area contributed by atoms with Gasteiger partial charge in [-0.25, -0.2) is 0 Å². The summed E-state index contributed by atoms with van der Waals surface area (Å²) in [4.78, 5) is 2.45. The summed E-state index contributed by atoms with van der Waals surface area (Å²) >= 11 is 0. The third-order valence-electron chi connectivity index (χ3n) is 9.32. The number of hydrogen-bond acceptors (Lipinski definition) is 1. The van der Waals surface area contributed by atoms with Gasteiger partial charge in [-0.3, -0.25) is 0 Å². The van der Waals surface area contributed by atoms with Crippen LogP contribution in [0.25, 0.3) is 44.9 Å². The van der Waals surface area contributed by atoms with E-state index in [1.807, 2.05) is 0 Å². The van der Waals surface area contributed by atoms with E-state index in [1.165, 1.54) is 67.1 Å². The van der Waals surface area contributed by atoms with E-state index in [0.29, 0.717) is 5.92 Å². The normalized spacial score (nSPS) is 18.9. The van der Waals surface area contributed by atoms with Gasteiger partial charge in [-0.15, -0.1) is 0 Å². The molecule has 4 aromatic carbocycles. The molecule has 2 heterocycles. The first-order chi connectivity index (χ1) is 21.8. The Morgan fingerprint density at radius 1 is 0.659 bits per heavy atom. The van der Waals surface area contributed by atoms with Crippen LogP contribution in [0.2, 0.25) is 0 Å². The largest absolute Gasteiger partial charge is 0.321 e. The highest BCUT2D eigenvalue weighted by molar-refractivity contribution is 5.94. The van der Waals surface area contributed by atoms with Crippen LogP contribution in [0.15, 0.2) is 151 Å². The van der Waals surface area contributed by atoms with Crippen molar-refractivity contribution in [3.63, 3.8) is 0 Å². The van der Waals surface area contributed by atoms with Crippen molar-refractivity contribution in [3.05, 3.63) is 162 Å². The number of para-hydroxylation sites is 1. The fourth-order valence-corrected chi connectivity index (χ4v) is 7.24. The smallest absolute Gasteiger partial charge is 0.0537 e. The maximum absolute atomic E-state index is 2.53. The van der Waals surface area contributed by atoms with Gasteiger partial charge in [0.05, 0.1) is 5.52 Å². The summed E-state index contributed by atoms with van der Waals surface area (Å²) in [7, 11) is 0. The summed E-state index contributed by atoms with van der Waals surface area (Å²) in [5.41, 5.74) is 14.2. The Kier molecular flexibility index (Phi) is 6.76. The Bertz CT molecular complexity index is 2030. The van der Waals surface area contributed by atoms with Crippen LogP contribution in [0.5, 0.6) is 0 Å². The number of fused-ring (bicyclic) bond motifs is 3. The van der Waals surface area contributed by atoms with Crippen molar-refractivity contribution in [2.45, 2.75) is 32.6 Å². The SMILES string of the molecule is CC1/C=C\C=C/N(c2cc(-c3ccccc3-c3ccccc3)cc(-n3c4c(c5ccccc53)C=CCC4)c2)C2=C1C=CCC2. The number of rotatable bonds is 4. The summed E-state index contributed by atoms with van der Waals surface area (Å²) in [5, 5.41) is 1.32. The second-order valence-corrected chi connectivity index (χ2v) is 12.0. The Morgan fingerprint density at radius 2 is 1.39 bits per heavy atom. The average molecular weight is 569 g/mol. The van der Waals surface area contributed by atoms with E-state index in [-0.39, 0.29) is 0 Å². The zero-order valence-corrected chi connectivity index (χ0v) is 25.2. The first-order valence-corrected chi connectivity index (χ1v) is 15.9. The van der Waals surface area contributed by atoms with Crippen molar-refractivity contribution >= 4 is 22.7 Å². The monoisotopic (exact) mass is 568 g/mol. The fraction of sp³-hybridized carbons (Fsp3) is 0.143. The zero-order valence-electron chi connectivity index (χ0n) is 25.2. The molecule has 0 N–H and O–H groups in total. The number of nitrogens with zero attached hydrogens (tertiary/aromatic N) is 2. The lowest BCUT2D eigenvalue weighted by atomic mass is 9.90. The minimum Gasteiger partial charge on any atom is -0.321 e. The molecule has 1 aliphatic heterocycles. The maximum atomic E-state index is 2.53. The third kappa shape index (κ3) is 4.59. The highest BCUT2D eigenvalue weighted by Crippen LogP contribution is 2.41. The van der Waals surface area contributed by atoms with Crippen LogP contribution in [-0.4, -0.2) is 4.57 Å². The van der Waals surface area contributed by atoms with Gasteiger partial charge in [0.15, 0.2) is 0 Å². The standard InChI is InChI=1S/C42H36N2/c1-30-15-13-14-26-43(40-23-10-7-18-35(30)40)33-27-32(37-20-6-5-19-36(37)31-16-3-2-4-17-31)28-34(29-33)44-41-24-11-8-21-38(41)39-22-9-12-25-42(39)44/h2-9,11,13-22,24,26-30H,10,12,23,25H2,1H3/b15-13-,26-14-. The minimum atomic E-state index is 0.364. The van der Waals surface area contributed by atoms with Gasteiger partial charge >= 0.3 is 0 Å². The van der Waals surface area contributed by atoms with Crippen molar-refractivity contribution in [1.82, 2.24) is 4.57 Å². The van der Waals surface area contributed by atoms with Gasteiger partial charge in [-0.1, -0.05) is 116 Å². The molecular formula is C42H36N2.